The average Bonchev–Trinajstić information content (AvgIpc) is 2.42. The first-order valence-electron chi connectivity index (χ1n) is 7.15. The van der Waals surface area contributed by atoms with Crippen LogP contribution in [0.15, 0.2) is 28.0 Å². The average molecular weight is 348 g/mol. The Kier molecular flexibility index (Phi) is 6.54. The molecule has 1 atom stereocenters. The van der Waals surface area contributed by atoms with Crippen LogP contribution in [-0.4, -0.2) is 35.7 Å². The van der Waals surface area contributed by atoms with Gasteiger partial charge >= 0.3 is 0 Å². The van der Waals surface area contributed by atoms with E-state index in [0.29, 0.717) is 12.0 Å². The zero-order chi connectivity index (χ0) is 17.0. The fourth-order valence-electron chi connectivity index (χ4n) is 2.06. The van der Waals surface area contributed by atoms with Gasteiger partial charge in [0, 0.05) is 18.8 Å². The van der Waals surface area contributed by atoms with Gasteiger partial charge in [-0.3, -0.25) is 0 Å². The Morgan fingerprint density at radius 3 is 2.36 bits per heavy atom. The van der Waals surface area contributed by atoms with Gasteiger partial charge < -0.3 is 5.73 Å². The molecule has 126 valence electrons. The highest BCUT2D eigenvalue weighted by Crippen LogP contribution is 2.20. The lowest BCUT2D eigenvalue weighted by molar-refractivity contribution is 0.516. The number of unbranched alkanes of at least 4 members (excludes halogenated alkanes) is 1. The molecular formula is C14H24N2O4S2. The zero-order valence-electron chi connectivity index (χ0n) is 13.2. The van der Waals surface area contributed by atoms with Crippen LogP contribution >= 0.6 is 0 Å². The molecule has 0 radical (unpaired) electrons. The van der Waals surface area contributed by atoms with Crippen LogP contribution in [0.5, 0.6) is 0 Å². The third-order valence-electron chi connectivity index (χ3n) is 3.39. The zero-order valence-corrected chi connectivity index (χ0v) is 14.8. The van der Waals surface area contributed by atoms with Crippen molar-refractivity contribution >= 4 is 19.9 Å². The number of hydrogen-bond donors (Lipinski definition) is 2. The molecule has 1 unspecified atom stereocenters. The number of benzene rings is 1. The molecule has 8 heteroatoms. The summed E-state index contributed by atoms with van der Waals surface area (Å²) < 4.78 is 50.8. The first kappa shape index (κ1) is 19.1. The Balaban J connectivity index is 3.17. The van der Waals surface area contributed by atoms with Crippen LogP contribution in [0.2, 0.25) is 0 Å². The van der Waals surface area contributed by atoms with Crippen LogP contribution in [-0.2, 0) is 19.9 Å². The van der Waals surface area contributed by atoms with Crippen LogP contribution in [0, 0.1) is 6.92 Å². The maximum Gasteiger partial charge on any atom is 0.241 e. The maximum atomic E-state index is 12.5. The van der Waals surface area contributed by atoms with E-state index in [1.54, 1.807) is 6.92 Å². The van der Waals surface area contributed by atoms with Gasteiger partial charge in [0.15, 0.2) is 9.84 Å². The van der Waals surface area contributed by atoms with E-state index in [9.17, 15) is 16.8 Å². The van der Waals surface area contributed by atoms with E-state index < -0.39 is 19.9 Å². The number of nitrogens with two attached hydrogens (primary N) is 1. The van der Waals surface area contributed by atoms with Crippen LogP contribution < -0.4 is 10.5 Å². The van der Waals surface area contributed by atoms with E-state index >= 15 is 0 Å². The Morgan fingerprint density at radius 1 is 1.23 bits per heavy atom. The van der Waals surface area contributed by atoms with Crippen molar-refractivity contribution in [2.75, 3.05) is 12.8 Å². The molecule has 0 amide bonds. The molecule has 0 aromatic heterocycles. The lowest BCUT2D eigenvalue weighted by atomic mass is 10.1. The summed E-state index contributed by atoms with van der Waals surface area (Å²) in [7, 11) is -7.28. The smallest absolute Gasteiger partial charge is 0.241 e. The van der Waals surface area contributed by atoms with Gasteiger partial charge in [0.05, 0.1) is 9.79 Å². The van der Waals surface area contributed by atoms with Crippen molar-refractivity contribution in [3.05, 3.63) is 23.8 Å². The number of sulfone groups is 1. The molecule has 1 rings (SSSR count). The van der Waals surface area contributed by atoms with Crippen LogP contribution in [0.1, 0.15) is 31.7 Å². The van der Waals surface area contributed by atoms with E-state index in [-0.39, 0.29) is 22.4 Å². The lowest BCUT2D eigenvalue weighted by Gasteiger charge is -2.18. The minimum Gasteiger partial charge on any atom is -0.329 e. The van der Waals surface area contributed by atoms with Gasteiger partial charge in [-0.2, -0.15) is 0 Å². The number of hydrogen-bond acceptors (Lipinski definition) is 5. The van der Waals surface area contributed by atoms with E-state index in [1.165, 1.54) is 18.2 Å². The number of aryl methyl sites for hydroxylation is 1. The predicted octanol–water partition coefficient (Wildman–Crippen LogP) is 1.19. The lowest BCUT2D eigenvalue weighted by Crippen LogP contribution is -2.40. The molecule has 0 saturated carbocycles. The minimum atomic E-state index is -3.81. The second kappa shape index (κ2) is 7.54. The summed E-state index contributed by atoms with van der Waals surface area (Å²) in [6.07, 6.45) is 3.51. The van der Waals surface area contributed by atoms with Gasteiger partial charge in [-0.05, 0) is 31.0 Å². The van der Waals surface area contributed by atoms with Gasteiger partial charge in [-0.15, -0.1) is 0 Å². The van der Waals surface area contributed by atoms with E-state index in [4.69, 9.17) is 5.73 Å². The fourth-order valence-corrected chi connectivity index (χ4v) is 4.33. The standard InChI is InChI=1S/C14H24N2O4S2/c1-4-5-6-12(10-15)16-22(19,20)14-9-13(21(3,17)18)8-7-11(14)2/h7-9,12,16H,4-6,10,15H2,1-3H3. The van der Waals surface area contributed by atoms with Crippen molar-refractivity contribution in [3.8, 4) is 0 Å². The molecule has 1 aromatic rings. The molecule has 22 heavy (non-hydrogen) atoms. The fraction of sp³-hybridized carbons (Fsp3) is 0.571. The quantitative estimate of drug-likeness (QED) is 0.734. The highest BCUT2D eigenvalue weighted by Gasteiger charge is 2.22. The van der Waals surface area contributed by atoms with Gasteiger partial charge in [0.25, 0.3) is 0 Å². The summed E-state index contributed by atoms with van der Waals surface area (Å²) >= 11 is 0. The highest BCUT2D eigenvalue weighted by atomic mass is 32.2. The predicted molar refractivity (Wildman–Crippen MR) is 87.0 cm³/mol. The van der Waals surface area contributed by atoms with Crippen LogP contribution in [0.3, 0.4) is 0 Å². The molecule has 0 saturated heterocycles. The van der Waals surface area contributed by atoms with Crippen molar-refractivity contribution in [2.24, 2.45) is 5.73 Å². The molecule has 6 nitrogen and oxygen atoms in total. The molecule has 0 spiro atoms. The van der Waals surface area contributed by atoms with E-state index in [1.807, 2.05) is 6.92 Å². The molecular weight excluding hydrogens is 324 g/mol. The summed E-state index contributed by atoms with van der Waals surface area (Å²) in [6, 6.07) is 3.74. The minimum absolute atomic E-state index is 0.0173. The Hall–Kier alpha value is -0.960. The topological polar surface area (TPSA) is 106 Å². The molecule has 0 heterocycles. The summed E-state index contributed by atoms with van der Waals surface area (Å²) in [5.41, 5.74) is 6.11. The van der Waals surface area contributed by atoms with Crippen LogP contribution in [0.25, 0.3) is 0 Å². The van der Waals surface area contributed by atoms with Crippen molar-refractivity contribution < 1.29 is 16.8 Å². The van der Waals surface area contributed by atoms with Crippen molar-refractivity contribution in [1.82, 2.24) is 4.72 Å². The molecule has 0 aliphatic rings. The van der Waals surface area contributed by atoms with Crippen molar-refractivity contribution in [3.63, 3.8) is 0 Å². The summed E-state index contributed by atoms with van der Waals surface area (Å²) in [5, 5.41) is 0. The first-order valence-corrected chi connectivity index (χ1v) is 10.5. The monoisotopic (exact) mass is 348 g/mol. The number of rotatable bonds is 8. The molecule has 1 aromatic carbocycles. The Labute approximate surface area is 133 Å². The third-order valence-corrected chi connectivity index (χ3v) is 6.16. The SMILES string of the molecule is CCCCC(CN)NS(=O)(=O)c1cc(S(C)(=O)=O)ccc1C. The van der Waals surface area contributed by atoms with Gasteiger partial charge in [0.2, 0.25) is 10.0 Å². The second-order valence-electron chi connectivity index (χ2n) is 5.40. The second-order valence-corrected chi connectivity index (χ2v) is 9.09. The van der Waals surface area contributed by atoms with Crippen molar-refractivity contribution in [1.29, 1.82) is 0 Å². The van der Waals surface area contributed by atoms with Gasteiger partial charge in [-0.1, -0.05) is 25.8 Å². The molecule has 0 bridgehead atoms. The van der Waals surface area contributed by atoms with Gasteiger partial charge in [0.1, 0.15) is 0 Å². The molecule has 0 fully saturated rings. The summed E-state index contributed by atoms with van der Waals surface area (Å²) in [4.78, 5) is -0.0401. The van der Waals surface area contributed by atoms with E-state index in [0.717, 1.165) is 19.1 Å². The van der Waals surface area contributed by atoms with E-state index in [2.05, 4.69) is 4.72 Å². The molecule has 3 N–H and O–H groups in total. The first-order chi connectivity index (χ1) is 10.1. The highest BCUT2D eigenvalue weighted by molar-refractivity contribution is 7.91. The number of nitrogens with one attached hydrogen (secondary N) is 1. The Bertz CT molecular complexity index is 712. The maximum absolute atomic E-state index is 12.5. The van der Waals surface area contributed by atoms with Crippen molar-refractivity contribution in [2.45, 2.75) is 48.9 Å². The largest absolute Gasteiger partial charge is 0.329 e. The Morgan fingerprint density at radius 2 is 1.86 bits per heavy atom. The van der Waals surface area contributed by atoms with Crippen LogP contribution in [0.4, 0.5) is 0 Å². The molecule has 0 aliphatic carbocycles. The third kappa shape index (κ3) is 5.05. The van der Waals surface area contributed by atoms with Gasteiger partial charge in [-0.25, -0.2) is 21.6 Å². The normalized spacial score (nSPS) is 14.0. The number of sulfonamides is 1. The molecule has 0 aliphatic heterocycles. The summed E-state index contributed by atoms with van der Waals surface area (Å²) in [6.45, 7) is 3.84. The summed E-state index contributed by atoms with van der Waals surface area (Å²) in [5.74, 6) is 0.